The van der Waals surface area contributed by atoms with Crippen LogP contribution in [0.2, 0.25) is 0 Å². The number of halogens is 1. The molecule has 1 aromatic heterocycles. The smallest absolute Gasteiger partial charge is 0.250 e. The Bertz CT molecular complexity index is 328. The van der Waals surface area contributed by atoms with Gasteiger partial charge in [-0.25, -0.2) is 9.37 Å². The fourth-order valence-electron chi connectivity index (χ4n) is 1.01. The summed E-state index contributed by atoms with van der Waals surface area (Å²) in [7, 11) is 0. The van der Waals surface area contributed by atoms with Crippen LogP contribution < -0.4 is 10.5 Å². The number of nitrogens with zero attached hydrogens (tertiary/aromatic N) is 1. The molecule has 84 valence electrons. The zero-order valence-corrected chi connectivity index (χ0v) is 9.33. The Hall–Kier alpha value is -1.16. The van der Waals surface area contributed by atoms with E-state index < -0.39 is 5.82 Å². The van der Waals surface area contributed by atoms with E-state index in [1.165, 1.54) is 6.20 Å². The van der Waals surface area contributed by atoms with Crippen molar-refractivity contribution in [1.82, 2.24) is 4.98 Å². The van der Waals surface area contributed by atoms with Crippen LogP contribution in [0.4, 0.5) is 4.39 Å². The highest BCUT2D eigenvalue weighted by Gasteiger charge is 2.14. The van der Waals surface area contributed by atoms with Crippen LogP contribution in [0.15, 0.2) is 12.3 Å². The van der Waals surface area contributed by atoms with Crippen LogP contribution in [0.3, 0.4) is 0 Å². The molecule has 1 atom stereocenters. The minimum Gasteiger partial charge on any atom is -0.472 e. The zero-order valence-electron chi connectivity index (χ0n) is 9.33. The molecule has 4 heteroatoms. The van der Waals surface area contributed by atoms with Gasteiger partial charge >= 0.3 is 0 Å². The van der Waals surface area contributed by atoms with Gasteiger partial charge in [0.25, 0.3) is 5.88 Å². The first kappa shape index (κ1) is 11.9. The van der Waals surface area contributed by atoms with Gasteiger partial charge < -0.3 is 10.5 Å². The zero-order chi connectivity index (χ0) is 11.4. The van der Waals surface area contributed by atoms with E-state index in [2.05, 4.69) is 4.98 Å². The summed E-state index contributed by atoms with van der Waals surface area (Å²) in [4.78, 5) is 3.86. The van der Waals surface area contributed by atoms with Gasteiger partial charge in [0.1, 0.15) is 6.10 Å². The summed E-state index contributed by atoms with van der Waals surface area (Å²) in [6.07, 6.45) is 1.44. The Balaban J connectivity index is 2.86. The molecule has 0 amide bonds. The molecule has 0 saturated heterocycles. The lowest BCUT2D eigenvalue weighted by atomic mass is 10.1. The maximum absolute atomic E-state index is 13.6. The van der Waals surface area contributed by atoms with Gasteiger partial charge in [0.05, 0.1) is 0 Å². The fraction of sp³-hybridized carbons (Fsp3) is 0.545. The molecular formula is C11H17FN2O. The Morgan fingerprint density at radius 3 is 2.67 bits per heavy atom. The molecule has 15 heavy (non-hydrogen) atoms. The Kier molecular flexibility index (Phi) is 4.03. The van der Waals surface area contributed by atoms with Gasteiger partial charge in [0.2, 0.25) is 0 Å². The third-order valence-corrected chi connectivity index (χ3v) is 2.39. The third kappa shape index (κ3) is 2.89. The average molecular weight is 212 g/mol. The van der Waals surface area contributed by atoms with Gasteiger partial charge in [-0.05, 0) is 18.9 Å². The van der Waals surface area contributed by atoms with Crippen LogP contribution in [-0.2, 0) is 6.54 Å². The minimum atomic E-state index is -0.451. The van der Waals surface area contributed by atoms with Crippen molar-refractivity contribution < 1.29 is 9.13 Å². The molecule has 1 aromatic rings. The van der Waals surface area contributed by atoms with Crippen LogP contribution >= 0.6 is 0 Å². The molecule has 0 radical (unpaired) electrons. The maximum Gasteiger partial charge on any atom is 0.250 e. The highest BCUT2D eigenvalue weighted by atomic mass is 19.1. The second kappa shape index (κ2) is 5.07. The summed E-state index contributed by atoms with van der Waals surface area (Å²) in [6, 6.07) is 1.56. The van der Waals surface area contributed by atoms with Crippen LogP contribution in [0.25, 0.3) is 0 Å². The quantitative estimate of drug-likeness (QED) is 0.831. The standard InChI is InChI=1S/C11H17FN2O/c1-7(2)8(3)15-11-10(12)9(6-13)4-5-14-11/h4-5,7-8H,6,13H2,1-3H3. The number of pyridine rings is 1. The number of ether oxygens (including phenoxy) is 1. The molecule has 0 aliphatic carbocycles. The molecule has 0 fully saturated rings. The first-order valence-electron chi connectivity index (χ1n) is 5.06. The van der Waals surface area contributed by atoms with Gasteiger partial charge in [-0.1, -0.05) is 13.8 Å². The van der Waals surface area contributed by atoms with E-state index in [9.17, 15) is 4.39 Å². The lowest BCUT2D eigenvalue weighted by Crippen LogP contribution is -2.20. The highest BCUT2D eigenvalue weighted by molar-refractivity contribution is 5.23. The Morgan fingerprint density at radius 1 is 1.47 bits per heavy atom. The molecule has 1 rings (SSSR count). The molecule has 0 saturated carbocycles. The normalized spacial score (nSPS) is 12.9. The molecule has 3 nitrogen and oxygen atoms in total. The number of nitrogens with two attached hydrogens (primary N) is 1. The van der Waals surface area contributed by atoms with E-state index >= 15 is 0 Å². The molecule has 0 aromatic carbocycles. The molecular weight excluding hydrogens is 195 g/mol. The van der Waals surface area contributed by atoms with E-state index in [4.69, 9.17) is 10.5 Å². The third-order valence-electron chi connectivity index (χ3n) is 2.39. The molecule has 0 aliphatic rings. The monoisotopic (exact) mass is 212 g/mol. The molecule has 0 aliphatic heterocycles. The largest absolute Gasteiger partial charge is 0.472 e. The van der Waals surface area contributed by atoms with Crippen molar-refractivity contribution in [2.75, 3.05) is 0 Å². The van der Waals surface area contributed by atoms with Crippen molar-refractivity contribution in [3.05, 3.63) is 23.6 Å². The number of rotatable bonds is 4. The Labute approximate surface area is 89.5 Å². The van der Waals surface area contributed by atoms with E-state index in [-0.39, 0.29) is 18.5 Å². The summed E-state index contributed by atoms with van der Waals surface area (Å²) in [6.45, 7) is 6.06. The van der Waals surface area contributed by atoms with Crippen molar-refractivity contribution in [3.63, 3.8) is 0 Å². The predicted octanol–water partition coefficient (Wildman–Crippen LogP) is 2.10. The van der Waals surface area contributed by atoms with Crippen LogP contribution in [-0.4, -0.2) is 11.1 Å². The van der Waals surface area contributed by atoms with E-state index in [1.54, 1.807) is 6.07 Å². The summed E-state index contributed by atoms with van der Waals surface area (Å²) in [5.41, 5.74) is 5.81. The molecule has 2 N–H and O–H groups in total. The lowest BCUT2D eigenvalue weighted by Gasteiger charge is -2.17. The summed E-state index contributed by atoms with van der Waals surface area (Å²) < 4.78 is 19.0. The van der Waals surface area contributed by atoms with Crippen molar-refractivity contribution in [1.29, 1.82) is 0 Å². The molecule has 0 spiro atoms. The van der Waals surface area contributed by atoms with Crippen LogP contribution in [0.1, 0.15) is 26.3 Å². The predicted molar refractivity (Wildman–Crippen MR) is 57.0 cm³/mol. The number of hydrogen-bond acceptors (Lipinski definition) is 3. The first-order chi connectivity index (χ1) is 7.06. The topological polar surface area (TPSA) is 48.1 Å². The minimum absolute atomic E-state index is 0.0409. The van der Waals surface area contributed by atoms with Crippen LogP contribution in [0, 0.1) is 11.7 Å². The molecule has 1 unspecified atom stereocenters. The lowest BCUT2D eigenvalue weighted by molar-refractivity contribution is 0.155. The Morgan fingerprint density at radius 2 is 2.13 bits per heavy atom. The second-order valence-electron chi connectivity index (χ2n) is 3.86. The summed E-state index contributed by atoms with van der Waals surface area (Å²) in [5.74, 6) is -0.0978. The summed E-state index contributed by atoms with van der Waals surface area (Å²) in [5, 5.41) is 0. The van der Waals surface area contributed by atoms with Crippen molar-refractivity contribution in [3.8, 4) is 5.88 Å². The van der Waals surface area contributed by atoms with Crippen LogP contribution in [0.5, 0.6) is 5.88 Å². The van der Waals surface area contributed by atoms with E-state index in [0.717, 1.165) is 0 Å². The molecule has 0 bridgehead atoms. The fourth-order valence-corrected chi connectivity index (χ4v) is 1.01. The van der Waals surface area contributed by atoms with Gasteiger partial charge in [0, 0.05) is 18.3 Å². The van der Waals surface area contributed by atoms with E-state index in [0.29, 0.717) is 11.5 Å². The first-order valence-corrected chi connectivity index (χ1v) is 5.06. The summed E-state index contributed by atoms with van der Waals surface area (Å²) >= 11 is 0. The second-order valence-corrected chi connectivity index (χ2v) is 3.86. The van der Waals surface area contributed by atoms with Gasteiger partial charge in [-0.2, -0.15) is 0 Å². The number of aromatic nitrogens is 1. The molecule has 1 heterocycles. The average Bonchev–Trinajstić information content (AvgIpc) is 2.21. The highest BCUT2D eigenvalue weighted by Crippen LogP contribution is 2.19. The SMILES string of the molecule is CC(C)C(C)Oc1nccc(CN)c1F. The van der Waals surface area contributed by atoms with Gasteiger partial charge in [0.15, 0.2) is 5.82 Å². The van der Waals surface area contributed by atoms with Gasteiger partial charge in [-0.3, -0.25) is 0 Å². The van der Waals surface area contributed by atoms with E-state index in [1.807, 2.05) is 20.8 Å². The van der Waals surface area contributed by atoms with Crippen molar-refractivity contribution >= 4 is 0 Å². The maximum atomic E-state index is 13.6. The van der Waals surface area contributed by atoms with Crippen molar-refractivity contribution in [2.45, 2.75) is 33.4 Å². The number of hydrogen-bond donors (Lipinski definition) is 1. The van der Waals surface area contributed by atoms with Crippen molar-refractivity contribution in [2.24, 2.45) is 11.7 Å². The van der Waals surface area contributed by atoms with Gasteiger partial charge in [-0.15, -0.1) is 0 Å².